The summed E-state index contributed by atoms with van der Waals surface area (Å²) in [6, 6.07) is 14.5. The zero-order chi connectivity index (χ0) is 19.5. The van der Waals surface area contributed by atoms with E-state index >= 15 is 0 Å². The third kappa shape index (κ3) is 6.72. The standard InChI is InChI=1S/C20H21ClN2O4/c1-25-18-4-2-3-5-19(18)27-13-12-26-17-7-6-16(21)14-15(17)9-11-23-20(24)8-10-22/h2-7,14H,8-9,11-13H2,1H3,(H,23,24). The number of hydrogen-bond acceptors (Lipinski definition) is 5. The highest BCUT2D eigenvalue weighted by Gasteiger charge is 2.07. The second-order valence-corrected chi connectivity index (χ2v) is 5.97. The van der Waals surface area contributed by atoms with Crippen molar-refractivity contribution in [3.63, 3.8) is 0 Å². The first-order chi connectivity index (χ1) is 13.1. The molecule has 2 aromatic rings. The molecule has 0 saturated heterocycles. The fraction of sp³-hybridized carbons (Fsp3) is 0.300. The number of hydrogen-bond donors (Lipinski definition) is 1. The molecule has 0 unspecified atom stereocenters. The molecule has 1 amide bonds. The summed E-state index contributed by atoms with van der Waals surface area (Å²) in [5, 5.41) is 11.8. The molecule has 142 valence electrons. The molecule has 0 heterocycles. The van der Waals surface area contributed by atoms with Crippen molar-refractivity contribution in [3.05, 3.63) is 53.1 Å². The summed E-state index contributed by atoms with van der Waals surface area (Å²) < 4.78 is 16.7. The first-order valence-corrected chi connectivity index (χ1v) is 8.82. The molecule has 7 heteroatoms. The minimum absolute atomic E-state index is 0.154. The van der Waals surface area contributed by atoms with Crippen LogP contribution < -0.4 is 19.5 Å². The van der Waals surface area contributed by atoms with Crippen molar-refractivity contribution in [2.24, 2.45) is 0 Å². The Labute approximate surface area is 163 Å². The number of para-hydroxylation sites is 2. The van der Waals surface area contributed by atoms with Gasteiger partial charge in [-0.25, -0.2) is 0 Å². The third-order valence-electron chi connectivity index (χ3n) is 3.65. The Bertz CT molecular complexity index is 805. The van der Waals surface area contributed by atoms with E-state index in [0.717, 1.165) is 5.56 Å². The molecular formula is C20H21ClN2O4. The molecule has 0 saturated carbocycles. The van der Waals surface area contributed by atoms with Gasteiger partial charge in [0.25, 0.3) is 0 Å². The van der Waals surface area contributed by atoms with Gasteiger partial charge in [-0.3, -0.25) is 4.79 Å². The molecule has 0 fully saturated rings. The molecule has 0 radical (unpaired) electrons. The van der Waals surface area contributed by atoms with Crippen molar-refractivity contribution in [3.8, 4) is 23.3 Å². The molecule has 0 aliphatic heterocycles. The fourth-order valence-electron chi connectivity index (χ4n) is 2.40. The van der Waals surface area contributed by atoms with Gasteiger partial charge in [0.15, 0.2) is 11.5 Å². The lowest BCUT2D eigenvalue weighted by Gasteiger charge is -2.14. The van der Waals surface area contributed by atoms with E-state index in [1.54, 1.807) is 25.3 Å². The quantitative estimate of drug-likeness (QED) is 0.631. The molecule has 0 aliphatic rings. The predicted molar refractivity (Wildman–Crippen MR) is 102 cm³/mol. The molecule has 0 spiro atoms. The number of rotatable bonds is 10. The lowest BCUT2D eigenvalue weighted by atomic mass is 10.1. The van der Waals surface area contributed by atoms with E-state index in [1.165, 1.54) is 0 Å². The number of benzene rings is 2. The maximum atomic E-state index is 11.4. The third-order valence-corrected chi connectivity index (χ3v) is 3.88. The van der Waals surface area contributed by atoms with Crippen LogP contribution in [-0.4, -0.2) is 32.8 Å². The first kappa shape index (κ1) is 20.4. The Balaban J connectivity index is 1.86. The van der Waals surface area contributed by atoms with Crippen molar-refractivity contribution < 1.29 is 19.0 Å². The highest BCUT2D eigenvalue weighted by molar-refractivity contribution is 6.30. The lowest BCUT2D eigenvalue weighted by Crippen LogP contribution is -2.25. The SMILES string of the molecule is COc1ccccc1OCCOc1ccc(Cl)cc1CCNC(=O)CC#N. The average Bonchev–Trinajstić information content (AvgIpc) is 2.67. The molecule has 2 aromatic carbocycles. The van der Waals surface area contributed by atoms with Crippen LogP contribution in [0.1, 0.15) is 12.0 Å². The largest absolute Gasteiger partial charge is 0.493 e. The molecule has 1 N–H and O–H groups in total. The van der Waals surface area contributed by atoms with E-state index in [9.17, 15) is 4.79 Å². The maximum absolute atomic E-state index is 11.4. The van der Waals surface area contributed by atoms with E-state index in [1.807, 2.05) is 30.3 Å². The van der Waals surface area contributed by atoms with Gasteiger partial charge in [-0.05, 0) is 42.3 Å². The van der Waals surface area contributed by atoms with Crippen LogP contribution in [0.3, 0.4) is 0 Å². The minimum atomic E-state index is -0.299. The topological polar surface area (TPSA) is 80.6 Å². The van der Waals surface area contributed by atoms with Crippen molar-refractivity contribution in [1.29, 1.82) is 5.26 Å². The van der Waals surface area contributed by atoms with Gasteiger partial charge >= 0.3 is 0 Å². The summed E-state index contributed by atoms with van der Waals surface area (Å²) in [7, 11) is 1.59. The smallest absolute Gasteiger partial charge is 0.234 e. The van der Waals surface area contributed by atoms with Gasteiger partial charge in [0.2, 0.25) is 5.91 Å². The Morgan fingerprint density at radius 2 is 1.81 bits per heavy atom. The number of carbonyl (C=O) groups is 1. The maximum Gasteiger partial charge on any atom is 0.234 e. The normalized spacial score (nSPS) is 9.96. The lowest BCUT2D eigenvalue weighted by molar-refractivity contribution is -0.120. The van der Waals surface area contributed by atoms with Gasteiger partial charge in [0, 0.05) is 11.6 Å². The highest BCUT2D eigenvalue weighted by Crippen LogP contribution is 2.26. The monoisotopic (exact) mass is 388 g/mol. The fourth-order valence-corrected chi connectivity index (χ4v) is 2.59. The van der Waals surface area contributed by atoms with Gasteiger partial charge in [0.1, 0.15) is 25.4 Å². The van der Waals surface area contributed by atoms with Crippen molar-refractivity contribution in [2.75, 3.05) is 26.9 Å². The number of ether oxygens (including phenoxy) is 3. The predicted octanol–water partition coefficient (Wildman–Crippen LogP) is 3.38. The number of carbonyl (C=O) groups excluding carboxylic acids is 1. The van der Waals surface area contributed by atoms with Crippen LogP contribution in [-0.2, 0) is 11.2 Å². The summed E-state index contributed by atoms with van der Waals surface area (Å²) >= 11 is 6.06. The molecule has 27 heavy (non-hydrogen) atoms. The van der Waals surface area contributed by atoms with Crippen molar-refractivity contribution in [2.45, 2.75) is 12.8 Å². The summed E-state index contributed by atoms with van der Waals surface area (Å²) in [5.41, 5.74) is 0.872. The van der Waals surface area contributed by atoms with Crippen LogP contribution in [0.4, 0.5) is 0 Å². The number of nitrogens with one attached hydrogen (secondary N) is 1. The summed E-state index contributed by atoms with van der Waals surface area (Å²) in [6.45, 7) is 1.09. The molecule has 0 aliphatic carbocycles. The second kappa shape index (κ2) is 10.9. The minimum Gasteiger partial charge on any atom is -0.493 e. The van der Waals surface area contributed by atoms with Crippen molar-refractivity contribution in [1.82, 2.24) is 5.32 Å². The van der Waals surface area contributed by atoms with Gasteiger partial charge in [0.05, 0.1) is 13.2 Å². The van der Waals surface area contributed by atoms with Gasteiger partial charge in [-0.2, -0.15) is 5.26 Å². The summed E-state index contributed by atoms with van der Waals surface area (Å²) in [6.07, 6.45) is 0.389. The molecule has 0 bridgehead atoms. The van der Waals surface area contributed by atoms with E-state index in [0.29, 0.717) is 48.5 Å². The zero-order valence-electron chi connectivity index (χ0n) is 15.0. The Morgan fingerprint density at radius 1 is 1.11 bits per heavy atom. The second-order valence-electron chi connectivity index (χ2n) is 5.53. The molecule has 6 nitrogen and oxygen atoms in total. The van der Waals surface area contributed by atoms with Crippen LogP contribution in [0.5, 0.6) is 17.2 Å². The summed E-state index contributed by atoms with van der Waals surface area (Å²) in [5.74, 6) is 1.70. The Morgan fingerprint density at radius 3 is 2.52 bits per heavy atom. The van der Waals surface area contributed by atoms with Crippen LogP contribution >= 0.6 is 11.6 Å². The number of amides is 1. The number of halogens is 1. The number of methoxy groups -OCH3 is 1. The van der Waals surface area contributed by atoms with Gasteiger partial charge < -0.3 is 19.5 Å². The Kier molecular flexibility index (Phi) is 8.27. The van der Waals surface area contributed by atoms with Crippen LogP contribution in [0.15, 0.2) is 42.5 Å². The van der Waals surface area contributed by atoms with E-state index in [-0.39, 0.29) is 12.3 Å². The first-order valence-electron chi connectivity index (χ1n) is 8.44. The molecule has 0 aromatic heterocycles. The molecular weight excluding hydrogens is 368 g/mol. The van der Waals surface area contributed by atoms with Crippen LogP contribution in [0.25, 0.3) is 0 Å². The Hall–Kier alpha value is -2.91. The average molecular weight is 389 g/mol. The van der Waals surface area contributed by atoms with Crippen LogP contribution in [0, 0.1) is 11.3 Å². The van der Waals surface area contributed by atoms with Crippen molar-refractivity contribution >= 4 is 17.5 Å². The molecule has 2 rings (SSSR count). The zero-order valence-corrected chi connectivity index (χ0v) is 15.8. The van der Waals surface area contributed by atoms with E-state index in [2.05, 4.69) is 5.32 Å². The molecule has 0 atom stereocenters. The number of nitriles is 1. The van der Waals surface area contributed by atoms with Crippen LogP contribution in [0.2, 0.25) is 5.02 Å². The number of nitrogens with zero attached hydrogens (tertiary/aromatic N) is 1. The van der Waals surface area contributed by atoms with E-state index in [4.69, 9.17) is 31.1 Å². The summed E-state index contributed by atoms with van der Waals surface area (Å²) in [4.78, 5) is 11.4. The van der Waals surface area contributed by atoms with Gasteiger partial charge in [-0.1, -0.05) is 23.7 Å². The highest BCUT2D eigenvalue weighted by atomic mass is 35.5. The van der Waals surface area contributed by atoms with Gasteiger partial charge in [-0.15, -0.1) is 0 Å². The van der Waals surface area contributed by atoms with E-state index < -0.39 is 0 Å².